The van der Waals surface area contributed by atoms with Gasteiger partial charge in [0.15, 0.2) is 0 Å². The zero-order valence-corrected chi connectivity index (χ0v) is 18.0. The van der Waals surface area contributed by atoms with Crippen LogP contribution in [0.25, 0.3) is 22.2 Å². The summed E-state index contributed by atoms with van der Waals surface area (Å²) in [5.41, 5.74) is 1.52. The highest BCUT2D eigenvalue weighted by Crippen LogP contribution is 2.34. The van der Waals surface area contributed by atoms with Crippen LogP contribution in [0.5, 0.6) is 0 Å². The van der Waals surface area contributed by atoms with Crippen molar-refractivity contribution < 1.29 is 22.7 Å². The fourth-order valence-corrected chi connectivity index (χ4v) is 3.51. The second-order valence-electron chi connectivity index (χ2n) is 7.84. The third kappa shape index (κ3) is 5.01. The summed E-state index contributed by atoms with van der Waals surface area (Å²) in [5.74, 6) is -0.650. The number of carbonyl (C=O) groups excluding carboxylic acids is 1. The van der Waals surface area contributed by atoms with Crippen LogP contribution in [0, 0.1) is 5.82 Å². The van der Waals surface area contributed by atoms with E-state index in [1.165, 1.54) is 17.0 Å². The molecule has 0 fully saturated rings. The standard InChI is InChI=1S/C22H23FN2O4S/c1-22(2,3)29-21(26)25(4)18-12-15-7-5-9-16(13-30(27)28)19(15)24-20(18)14-8-6-10-17(23)11-14/h5-12H,13H2,1-4H3,(H,27,28)/p-1. The third-order valence-electron chi connectivity index (χ3n) is 4.31. The summed E-state index contributed by atoms with van der Waals surface area (Å²) < 4.78 is 41.9. The zero-order chi connectivity index (χ0) is 22.1. The first-order valence-corrected chi connectivity index (χ1v) is 10.5. The molecule has 6 nitrogen and oxygen atoms in total. The maximum absolute atomic E-state index is 13.9. The molecule has 0 saturated carbocycles. The highest BCUT2D eigenvalue weighted by molar-refractivity contribution is 7.78. The SMILES string of the molecule is CN(C(=O)OC(C)(C)C)c1cc2cccc(CS(=O)[O-])c2nc1-c1cccc(F)c1. The van der Waals surface area contributed by atoms with Crippen LogP contribution in [0.1, 0.15) is 26.3 Å². The van der Waals surface area contributed by atoms with E-state index in [9.17, 15) is 17.9 Å². The molecule has 0 aliphatic rings. The topological polar surface area (TPSA) is 82.6 Å². The summed E-state index contributed by atoms with van der Waals surface area (Å²) >= 11 is -2.29. The average molecular weight is 429 g/mol. The fraction of sp³-hybridized carbons (Fsp3) is 0.273. The number of pyridine rings is 1. The van der Waals surface area contributed by atoms with Gasteiger partial charge in [0.1, 0.15) is 11.4 Å². The lowest BCUT2D eigenvalue weighted by molar-refractivity contribution is 0.0589. The van der Waals surface area contributed by atoms with Gasteiger partial charge in [-0.05, 0) is 44.5 Å². The number of benzene rings is 2. The number of nitrogens with zero attached hydrogens (tertiary/aromatic N) is 2. The number of anilines is 1. The van der Waals surface area contributed by atoms with Gasteiger partial charge in [-0.2, -0.15) is 0 Å². The van der Waals surface area contributed by atoms with Gasteiger partial charge in [0, 0.05) is 23.8 Å². The second kappa shape index (κ2) is 8.49. The van der Waals surface area contributed by atoms with Gasteiger partial charge in [0.2, 0.25) is 0 Å². The lowest BCUT2D eigenvalue weighted by Crippen LogP contribution is -2.34. The van der Waals surface area contributed by atoms with E-state index >= 15 is 0 Å². The van der Waals surface area contributed by atoms with E-state index in [4.69, 9.17) is 4.74 Å². The maximum atomic E-state index is 13.9. The smallest absolute Gasteiger partial charge is 0.414 e. The van der Waals surface area contributed by atoms with Crippen LogP contribution in [0.2, 0.25) is 0 Å². The van der Waals surface area contributed by atoms with Crippen LogP contribution in [0.4, 0.5) is 14.9 Å². The number of amides is 1. The summed E-state index contributed by atoms with van der Waals surface area (Å²) in [4.78, 5) is 18.6. The first-order valence-electron chi connectivity index (χ1n) is 9.26. The van der Waals surface area contributed by atoms with E-state index < -0.39 is 28.6 Å². The number of halogens is 1. The minimum absolute atomic E-state index is 0.200. The number of hydrogen-bond acceptors (Lipinski definition) is 5. The van der Waals surface area contributed by atoms with Gasteiger partial charge in [-0.15, -0.1) is 0 Å². The Morgan fingerprint density at radius 1 is 1.20 bits per heavy atom. The Hall–Kier alpha value is -2.84. The number of rotatable bonds is 4. The highest BCUT2D eigenvalue weighted by Gasteiger charge is 2.24. The quantitative estimate of drug-likeness (QED) is 0.557. The Morgan fingerprint density at radius 3 is 2.53 bits per heavy atom. The van der Waals surface area contributed by atoms with Crippen molar-refractivity contribution in [2.45, 2.75) is 32.1 Å². The van der Waals surface area contributed by atoms with Crippen molar-refractivity contribution in [3.8, 4) is 11.3 Å². The van der Waals surface area contributed by atoms with E-state index in [2.05, 4.69) is 4.98 Å². The molecule has 1 heterocycles. The molecule has 3 rings (SSSR count). The van der Waals surface area contributed by atoms with E-state index in [1.807, 2.05) is 0 Å². The van der Waals surface area contributed by atoms with Gasteiger partial charge in [0.25, 0.3) is 0 Å². The Morgan fingerprint density at radius 2 is 1.90 bits per heavy atom. The number of para-hydroxylation sites is 1. The number of fused-ring (bicyclic) bond motifs is 1. The predicted molar refractivity (Wildman–Crippen MR) is 114 cm³/mol. The van der Waals surface area contributed by atoms with Gasteiger partial charge in [-0.1, -0.05) is 41.4 Å². The first-order chi connectivity index (χ1) is 14.0. The molecule has 0 radical (unpaired) electrons. The Kier molecular flexibility index (Phi) is 6.19. The van der Waals surface area contributed by atoms with Crippen molar-refractivity contribution in [1.29, 1.82) is 0 Å². The van der Waals surface area contributed by atoms with Crippen LogP contribution in [0.15, 0.2) is 48.5 Å². The van der Waals surface area contributed by atoms with Crippen LogP contribution in [-0.4, -0.2) is 32.5 Å². The summed E-state index contributed by atoms with van der Waals surface area (Å²) in [6.07, 6.45) is -0.585. The molecule has 0 spiro atoms. The van der Waals surface area contributed by atoms with Gasteiger partial charge in [-0.25, -0.2) is 14.2 Å². The molecule has 30 heavy (non-hydrogen) atoms. The number of ether oxygens (including phenoxy) is 1. The minimum atomic E-state index is -2.29. The van der Waals surface area contributed by atoms with Gasteiger partial charge < -0.3 is 9.29 Å². The molecule has 0 aliphatic heterocycles. The molecule has 1 unspecified atom stereocenters. The number of hydrogen-bond donors (Lipinski definition) is 0. The van der Waals surface area contributed by atoms with Crippen molar-refractivity contribution in [2.75, 3.05) is 11.9 Å². The Balaban J connectivity index is 2.23. The van der Waals surface area contributed by atoms with Crippen LogP contribution in [0.3, 0.4) is 0 Å². The van der Waals surface area contributed by atoms with E-state index in [-0.39, 0.29) is 5.75 Å². The Labute approximate surface area is 177 Å². The minimum Gasteiger partial charge on any atom is -0.772 e. The molecule has 0 aliphatic carbocycles. The molecule has 1 amide bonds. The molecule has 0 bridgehead atoms. The third-order valence-corrected chi connectivity index (χ3v) is 4.86. The summed E-state index contributed by atoms with van der Waals surface area (Å²) in [5, 5.41) is 0.656. The first kappa shape index (κ1) is 21.9. The van der Waals surface area contributed by atoms with Crippen LogP contribution >= 0.6 is 0 Å². The second-order valence-corrected chi connectivity index (χ2v) is 8.74. The van der Waals surface area contributed by atoms with Crippen molar-refractivity contribution in [1.82, 2.24) is 4.98 Å². The van der Waals surface area contributed by atoms with Crippen molar-refractivity contribution >= 4 is 33.8 Å². The van der Waals surface area contributed by atoms with Crippen LogP contribution in [-0.2, 0) is 21.6 Å². The average Bonchev–Trinajstić information content (AvgIpc) is 2.65. The summed E-state index contributed by atoms with van der Waals surface area (Å²) in [6.45, 7) is 5.29. The fourth-order valence-electron chi connectivity index (χ4n) is 3.02. The lowest BCUT2D eigenvalue weighted by atomic mass is 10.0. The van der Waals surface area contributed by atoms with Crippen molar-refractivity contribution in [3.05, 3.63) is 59.9 Å². The molecule has 2 aromatic carbocycles. The Bertz CT molecular complexity index is 1130. The number of aromatic nitrogens is 1. The molecule has 1 atom stereocenters. The van der Waals surface area contributed by atoms with Gasteiger partial charge in [0.05, 0.1) is 16.9 Å². The molecular weight excluding hydrogens is 407 g/mol. The largest absolute Gasteiger partial charge is 0.772 e. The zero-order valence-electron chi connectivity index (χ0n) is 17.1. The van der Waals surface area contributed by atoms with E-state index in [1.54, 1.807) is 64.2 Å². The molecule has 0 saturated heterocycles. The van der Waals surface area contributed by atoms with Crippen molar-refractivity contribution in [3.63, 3.8) is 0 Å². The molecule has 158 valence electrons. The van der Waals surface area contributed by atoms with E-state index in [0.717, 1.165) is 0 Å². The molecule has 0 N–H and O–H groups in total. The summed E-state index contributed by atoms with van der Waals surface area (Å²) in [6, 6.07) is 12.8. The normalized spacial score (nSPS) is 12.6. The molecule has 8 heteroatoms. The molecule has 3 aromatic rings. The van der Waals surface area contributed by atoms with Gasteiger partial charge >= 0.3 is 6.09 Å². The molecule has 1 aromatic heterocycles. The summed E-state index contributed by atoms with van der Waals surface area (Å²) in [7, 11) is 1.55. The monoisotopic (exact) mass is 429 g/mol. The van der Waals surface area contributed by atoms with Gasteiger partial charge in [-0.3, -0.25) is 9.11 Å². The van der Waals surface area contributed by atoms with Crippen LogP contribution < -0.4 is 4.90 Å². The number of carbonyl (C=O) groups is 1. The van der Waals surface area contributed by atoms with E-state index in [0.29, 0.717) is 33.4 Å². The molecular formula is C22H22FN2O4S-. The highest BCUT2D eigenvalue weighted by atomic mass is 32.2. The maximum Gasteiger partial charge on any atom is 0.414 e. The lowest BCUT2D eigenvalue weighted by Gasteiger charge is -2.26. The van der Waals surface area contributed by atoms with Crippen molar-refractivity contribution in [2.24, 2.45) is 0 Å². The predicted octanol–water partition coefficient (Wildman–Crippen LogP) is 4.79.